The van der Waals surface area contributed by atoms with Crippen molar-refractivity contribution in [2.24, 2.45) is 5.92 Å². The van der Waals surface area contributed by atoms with Gasteiger partial charge in [-0.1, -0.05) is 0 Å². The molecule has 10 heavy (non-hydrogen) atoms. The van der Waals surface area contributed by atoms with E-state index in [1.807, 2.05) is 0 Å². The SMILES string of the molecule is O=C(O)[C@H]1[Zn][C@@H]2CC[C@H]1C2. The zero-order chi connectivity index (χ0) is 7.14. The molecule has 0 amide bonds. The van der Waals surface area contributed by atoms with Crippen LogP contribution in [-0.4, -0.2) is 11.1 Å². The predicted molar refractivity (Wildman–Crippen MR) is 32.5 cm³/mol. The molecule has 1 aliphatic carbocycles. The van der Waals surface area contributed by atoms with Crippen LogP contribution in [0.25, 0.3) is 0 Å². The maximum absolute atomic E-state index is 10.6. The van der Waals surface area contributed by atoms with Crippen molar-refractivity contribution in [1.82, 2.24) is 0 Å². The summed E-state index contributed by atoms with van der Waals surface area (Å²) in [6, 6.07) is 0. The molecule has 0 aromatic carbocycles. The van der Waals surface area contributed by atoms with E-state index in [-0.39, 0.29) is 4.51 Å². The van der Waals surface area contributed by atoms with Crippen LogP contribution in [-0.2, 0) is 21.9 Å². The maximum atomic E-state index is 10.6. The minimum atomic E-state index is -0.641. The second-order valence-electron chi connectivity index (χ2n) is 3.62. The van der Waals surface area contributed by atoms with Gasteiger partial charge < -0.3 is 0 Å². The van der Waals surface area contributed by atoms with Gasteiger partial charge >= 0.3 is 67.2 Å². The predicted octanol–water partition coefficient (Wildman–Crippen LogP) is 1.54. The van der Waals surface area contributed by atoms with Crippen molar-refractivity contribution >= 4 is 5.97 Å². The third kappa shape index (κ3) is 0.915. The van der Waals surface area contributed by atoms with Gasteiger partial charge in [-0.3, -0.25) is 0 Å². The fourth-order valence-corrected chi connectivity index (χ4v) is 8.47. The molecule has 0 unspecified atom stereocenters. The van der Waals surface area contributed by atoms with Gasteiger partial charge in [0.1, 0.15) is 0 Å². The molecule has 0 spiro atoms. The summed E-state index contributed by atoms with van der Waals surface area (Å²) in [6.45, 7) is 0. The molecule has 3 atom stereocenters. The first-order chi connectivity index (χ1) is 4.77. The van der Waals surface area contributed by atoms with Crippen LogP contribution < -0.4 is 0 Å². The van der Waals surface area contributed by atoms with E-state index >= 15 is 0 Å². The van der Waals surface area contributed by atoms with Crippen molar-refractivity contribution in [2.45, 2.75) is 28.3 Å². The van der Waals surface area contributed by atoms with Crippen molar-refractivity contribution < 1.29 is 27.0 Å². The average molecular weight is 192 g/mol. The van der Waals surface area contributed by atoms with Gasteiger partial charge in [-0.15, -0.1) is 0 Å². The summed E-state index contributed by atoms with van der Waals surface area (Å²) in [4.78, 5) is 10.6. The number of carboxylic acids is 1. The summed E-state index contributed by atoms with van der Waals surface area (Å²) in [5.74, 6) is 0.134. The second kappa shape index (κ2) is 2.30. The standard InChI is InChI=1S/C7H10O2.Zn/c8-7(9)5-6-3-1-2-4-6;/h1,5-6H,2-4H2,(H,8,9);/t6-;/m1./s1. The Balaban J connectivity index is 2.08. The molecular weight excluding hydrogens is 181 g/mol. The van der Waals surface area contributed by atoms with E-state index in [9.17, 15) is 4.79 Å². The number of rotatable bonds is 1. The molecule has 2 rings (SSSR count). The Hall–Kier alpha value is 0.0934. The fraction of sp³-hybridized carbons (Fsp3) is 0.857. The second-order valence-corrected chi connectivity index (χ2v) is 8.88. The zero-order valence-corrected chi connectivity index (χ0v) is 8.88. The van der Waals surface area contributed by atoms with Crippen molar-refractivity contribution in [3.05, 3.63) is 0 Å². The molecule has 2 aliphatic rings. The van der Waals surface area contributed by atoms with Crippen LogP contribution in [0.3, 0.4) is 0 Å². The van der Waals surface area contributed by atoms with Gasteiger partial charge in [-0.2, -0.15) is 0 Å². The summed E-state index contributed by atoms with van der Waals surface area (Å²) >= 11 is -0.641. The third-order valence-electron chi connectivity index (χ3n) is 3.06. The van der Waals surface area contributed by atoms with Crippen molar-refractivity contribution in [2.75, 3.05) is 0 Å². The average Bonchev–Trinajstić information content (AvgIpc) is 2.44. The Kier molecular flexibility index (Phi) is 1.56. The first kappa shape index (κ1) is 6.78. The van der Waals surface area contributed by atoms with Crippen LogP contribution in [0.5, 0.6) is 0 Å². The number of carbonyl (C=O) groups is 1. The van der Waals surface area contributed by atoms with Crippen molar-refractivity contribution in [1.29, 1.82) is 0 Å². The molecule has 2 fully saturated rings. The molecule has 2 nitrogen and oxygen atoms in total. The first-order valence-electron chi connectivity index (χ1n) is 4.00. The molecule has 1 aliphatic heterocycles. The van der Waals surface area contributed by atoms with Gasteiger partial charge in [0.25, 0.3) is 0 Å². The van der Waals surface area contributed by atoms with Crippen LogP contribution in [0.15, 0.2) is 0 Å². The minimum absolute atomic E-state index is 0.200. The number of hydrogen-bond donors (Lipinski definition) is 1. The Labute approximate surface area is 67.6 Å². The van der Waals surface area contributed by atoms with Crippen LogP contribution in [0, 0.1) is 5.92 Å². The fourth-order valence-electron chi connectivity index (χ4n) is 2.55. The summed E-state index contributed by atoms with van der Waals surface area (Å²) in [7, 11) is 0. The van der Waals surface area contributed by atoms with Gasteiger partial charge in [0.05, 0.1) is 0 Å². The van der Waals surface area contributed by atoms with Crippen molar-refractivity contribution in [3.8, 4) is 0 Å². The molecule has 1 saturated carbocycles. The van der Waals surface area contributed by atoms with E-state index in [1.165, 1.54) is 19.3 Å². The van der Waals surface area contributed by atoms with Gasteiger partial charge in [0.2, 0.25) is 0 Å². The topological polar surface area (TPSA) is 37.3 Å². The molecular formula is C7H10O2Zn. The normalized spacial score (nSPS) is 42.6. The first-order valence-corrected chi connectivity index (χ1v) is 7.43. The molecule has 1 saturated heterocycles. The van der Waals surface area contributed by atoms with Gasteiger partial charge in [0.15, 0.2) is 0 Å². The Morgan fingerprint density at radius 1 is 1.50 bits per heavy atom. The van der Waals surface area contributed by atoms with Crippen molar-refractivity contribution in [3.63, 3.8) is 0 Å². The molecule has 52 valence electrons. The van der Waals surface area contributed by atoms with Crippen LogP contribution in [0.4, 0.5) is 0 Å². The van der Waals surface area contributed by atoms with Gasteiger partial charge in [-0.05, 0) is 0 Å². The Morgan fingerprint density at radius 2 is 2.30 bits per heavy atom. The Bertz CT molecular complexity index is 169. The molecule has 0 aromatic rings. The van der Waals surface area contributed by atoms with Crippen LogP contribution in [0.1, 0.15) is 19.3 Å². The summed E-state index contributed by atoms with van der Waals surface area (Å²) in [5.41, 5.74) is 0. The van der Waals surface area contributed by atoms with Crippen LogP contribution >= 0.6 is 0 Å². The van der Waals surface area contributed by atoms with E-state index < -0.39 is 23.1 Å². The molecule has 2 bridgehead atoms. The van der Waals surface area contributed by atoms with E-state index in [2.05, 4.69) is 0 Å². The zero-order valence-electron chi connectivity index (χ0n) is 5.92. The molecule has 1 N–H and O–H groups in total. The van der Waals surface area contributed by atoms with Gasteiger partial charge in [-0.25, -0.2) is 0 Å². The summed E-state index contributed by atoms with van der Waals surface area (Å²) < 4.78 is 1.14. The Morgan fingerprint density at radius 3 is 2.60 bits per heavy atom. The van der Waals surface area contributed by atoms with E-state index in [4.69, 9.17) is 5.11 Å². The molecule has 3 heteroatoms. The monoisotopic (exact) mass is 190 g/mol. The number of aliphatic carboxylic acids is 1. The molecule has 0 radical (unpaired) electrons. The summed E-state index contributed by atoms with van der Waals surface area (Å²) in [6.07, 6.45) is 3.86. The number of fused-ring (bicyclic) bond motifs is 2. The number of carboxylic acid groups (broad SMARTS) is 1. The third-order valence-corrected chi connectivity index (χ3v) is 9.21. The van der Waals surface area contributed by atoms with E-state index in [0.29, 0.717) is 5.92 Å². The summed E-state index contributed by atoms with van der Waals surface area (Å²) in [5, 5.41) is 8.78. The quantitative estimate of drug-likeness (QED) is 0.639. The van der Waals surface area contributed by atoms with Crippen LogP contribution in [0.2, 0.25) is 9.02 Å². The number of hydrogen-bond acceptors (Lipinski definition) is 1. The van der Waals surface area contributed by atoms with Gasteiger partial charge in [0, 0.05) is 0 Å². The molecule has 1 heterocycles. The van der Waals surface area contributed by atoms with E-state index in [0.717, 1.165) is 4.51 Å². The van der Waals surface area contributed by atoms with E-state index in [1.54, 1.807) is 0 Å². The molecule has 0 aromatic heterocycles.